The van der Waals surface area contributed by atoms with Crippen LogP contribution in [0.3, 0.4) is 0 Å². The van der Waals surface area contributed by atoms with Crippen LogP contribution in [0.1, 0.15) is 18.9 Å². The molecule has 2 N–H and O–H groups in total. The standard InChI is InChI=1S/C16H17Cl2NS/c1-2-13(19)10-11-9-12(17)7-8-15(11)20-16-6-4-3-5-14(16)18/h3-9,13H,2,10,19H2,1H3. The maximum atomic E-state index is 6.22. The third-order valence-electron chi connectivity index (χ3n) is 3.09. The SMILES string of the molecule is CCC(N)Cc1cc(Cl)ccc1Sc1ccccc1Cl. The minimum Gasteiger partial charge on any atom is -0.327 e. The van der Waals surface area contributed by atoms with Gasteiger partial charge in [-0.2, -0.15) is 0 Å². The molecule has 0 saturated carbocycles. The minimum absolute atomic E-state index is 0.152. The maximum absolute atomic E-state index is 6.22. The summed E-state index contributed by atoms with van der Waals surface area (Å²) in [4.78, 5) is 2.20. The van der Waals surface area contributed by atoms with Gasteiger partial charge in [0.2, 0.25) is 0 Å². The Hall–Kier alpha value is -0.670. The van der Waals surface area contributed by atoms with Crippen molar-refractivity contribution in [2.75, 3.05) is 0 Å². The van der Waals surface area contributed by atoms with E-state index in [4.69, 9.17) is 28.9 Å². The highest BCUT2D eigenvalue weighted by atomic mass is 35.5. The van der Waals surface area contributed by atoms with Crippen molar-refractivity contribution in [3.05, 3.63) is 58.1 Å². The molecule has 0 heterocycles. The maximum Gasteiger partial charge on any atom is 0.0545 e. The first-order chi connectivity index (χ1) is 9.60. The first-order valence-electron chi connectivity index (χ1n) is 6.56. The predicted octanol–water partition coefficient (Wildman–Crippen LogP) is 5.42. The van der Waals surface area contributed by atoms with Crippen molar-refractivity contribution in [1.82, 2.24) is 0 Å². The highest BCUT2D eigenvalue weighted by molar-refractivity contribution is 7.99. The molecular formula is C16H17Cl2NS. The zero-order valence-corrected chi connectivity index (χ0v) is 13.6. The summed E-state index contributed by atoms with van der Waals surface area (Å²) < 4.78 is 0. The number of hydrogen-bond donors (Lipinski definition) is 1. The molecule has 0 bridgehead atoms. The Kier molecular flexibility index (Phi) is 5.79. The first kappa shape index (κ1) is 15.7. The van der Waals surface area contributed by atoms with Crippen LogP contribution in [-0.2, 0) is 6.42 Å². The van der Waals surface area contributed by atoms with Crippen LogP contribution in [-0.4, -0.2) is 6.04 Å². The van der Waals surface area contributed by atoms with Gasteiger partial charge >= 0.3 is 0 Å². The van der Waals surface area contributed by atoms with Crippen molar-refractivity contribution < 1.29 is 0 Å². The van der Waals surface area contributed by atoms with E-state index in [1.807, 2.05) is 42.5 Å². The predicted molar refractivity (Wildman–Crippen MR) is 89.0 cm³/mol. The number of nitrogens with two attached hydrogens (primary N) is 1. The van der Waals surface area contributed by atoms with Crippen molar-refractivity contribution in [1.29, 1.82) is 0 Å². The van der Waals surface area contributed by atoms with Crippen LogP contribution in [0.15, 0.2) is 52.3 Å². The van der Waals surface area contributed by atoms with Crippen LogP contribution in [0, 0.1) is 0 Å². The molecule has 1 atom stereocenters. The Labute approximate surface area is 134 Å². The third-order valence-corrected chi connectivity index (χ3v) is 4.96. The highest BCUT2D eigenvalue weighted by Gasteiger charge is 2.10. The van der Waals surface area contributed by atoms with E-state index < -0.39 is 0 Å². The number of halogens is 2. The highest BCUT2D eigenvalue weighted by Crippen LogP contribution is 2.36. The smallest absolute Gasteiger partial charge is 0.0545 e. The fraction of sp³-hybridized carbons (Fsp3) is 0.250. The number of rotatable bonds is 5. The lowest BCUT2D eigenvalue weighted by atomic mass is 10.0. The molecule has 0 radical (unpaired) electrons. The van der Waals surface area contributed by atoms with Crippen molar-refractivity contribution in [2.24, 2.45) is 5.73 Å². The molecule has 2 rings (SSSR count). The van der Waals surface area contributed by atoms with Crippen molar-refractivity contribution in [2.45, 2.75) is 35.6 Å². The second kappa shape index (κ2) is 7.37. The van der Waals surface area contributed by atoms with E-state index in [1.54, 1.807) is 11.8 Å². The van der Waals surface area contributed by atoms with Gasteiger partial charge in [-0.05, 0) is 48.7 Å². The summed E-state index contributed by atoms with van der Waals surface area (Å²) in [5, 5.41) is 1.50. The first-order valence-corrected chi connectivity index (χ1v) is 8.13. The molecule has 0 fully saturated rings. The quantitative estimate of drug-likeness (QED) is 0.793. The molecule has 2 aromatic carbocycles. The average Bonchev–Trinajstić information content (AvgIpc) is 2.44. The van der Waals surface area contributed by atoms with E-state index in [0.717, 1.165) is 32.7 Å². The largest absolute Gasteiger partial charge is 0.327 e. The van der Waals surface area contributed by atoms with Crippen LogP contribution in [0.4, 0.5) is 0 Å². The van der Waals surface area contributed by atoms with Gasteiger partial charge in [0.1, 0.15) is 0 Å². The topological polar surface area (TPSA) is 26.0 Å². The van der Waals surface area contributed by atoms with Gasteiger partial charge in [-0.3, -0.25) is 0 Å². The molecule has 1 unspecified atom stereocenters. The lowest BCUT2D eigenvalue weighted by molar-refractivity contribution is 0.641. The Morgan fingerprint density at radius 2 is 1.85 bits per heavy atom. The van der Waals surface area contributed by atoms with Gasteiger partial charge in [0.25, 0.3) is 0 Å². The molecule has 106 valence electrons. The lowest BCUT2D eigenvalue weighted by Gasteiger charge is -2.14. The summed E-state index contributed by atoms with van der Waals surface area (Å²) in [5.41, 5.74) is 7.25. The van der Waals surface area contributed by atoms with Gasteiger partial charge in [0, 0.05) is 20.9 Å². The van der Waals surface area contributed by atoms with E-state index in [-0.39, 0.29) is 6.04 Å². The molecule has 0 spiro atoms. The zero-order valence-electron chi connectivity index (χ0n) is 11.3. The Morgan fingerprint density at radius 1 is 1.10 bits per heavy atom. The molecule has 0 amide bonds. The van der Waals surface area contributed by atoms with E-state index in [0.29, 0.717) is 0 Å². The molecule has 0 aliphatic carbocycles. The van der Waals surface area contributed by atoms with E-state index in [9.17, 15) is 0 Å². The van der Waals surface area contributed by atoms with Crippen LogP contribution in [0.5, 0.6) is 0 Å². The monoisotopic (exact) mass is 325 g/mol. The van der Waals surface area contributed by atoms with Crippen LogP contribution in [0.25, 0.3) is 0 Å². The Bertz CT molecular complexity index is 586. The zero-order chi connectivity index (χ0) is 14.5. The summed E-state index contributed by atoms with van der Waals surface area (Å²) in [5.74, 6) is 0. The van der Waals surface area contributed by atoms with Gasteiger partial charge in [0.15, 0.2) is 0 Å². The van der Waals surface area contributed by atoms with Crippen molar-refractivity contribution >= 4 is 35.0 Å². The summed E-state index contributed by atoms with van der Waals surface area (Å²) in [6, 6.07) is 13.9. The second-order valence-corrected chi connectivity index (χ2v) is 6.58. The molecule has 4 heteroatoms. The fourth-order valence-electron chi connectivity index (χ4n) is 1.88. The second-order valence-electron chi connectivity index (χ2n) is 4.66. The van der Waals surface area contributed by atoms with Crippen LogP contribution < -0.4 is 5.73 Å². The van der Waals surface area contributed by atoms with Gasteiger partial charge < -0.3 is 5.73 Å². The molecule has 0 aliphatic rings. The summed E-state index contributed by atoms with van der Waals surface area (Å²) in [6.07, 6.45) is 1.77. The Morgan fingerprint density at radius 3 is 2.55 bits per heavy atom. The summed E-state index contributed by atoms with van der Waals surface area (Å²) in [7, 11) is 0. The van der Waals surface area contributed by atoms with Crippen molar-refractivity contribution in [3.8, 4) is 0 Å². The molecular weight excluding hydrogens is 309 g/mol. The average molecular weight is 326 g/mol. The fourth-order valence-corrected chi connectivity index (χ4v) is 3.28. The Balaban J connectivity index is 2.29. The molecule has 2 aromatic rings. The van der Waals surface area contributed by atoms with E-state index in [1.165, 1.54) is 5.56 Å². The van der Waals surface area contributed by atoms with Crippen molar-refractivity contribution in [3.63, 3.8) is 0 Å². The number of benzene rings is 2. The lowest BCUT2D eigenvalue weighted by Crippen LogP contribution is -2.21. The summed E-state index contributed by atoms with van der Waals surface area (Å²) >= 11 is 14.0. The molecule has 0 aliphatic heterocycles. The third kappa shape index (κ3) is 4.16. The summed E-state index contributed by atoms with van der Waals surface area (Å²) in [6.45, 7) is 2.09. The minimum atomic E-state index is 0.152. The normalized spacial score (nSPS) is 12.4. The van der Waals surface area contributed by atoms with Gasteiger partial charge in [-0.25, -0.2) is 0 Å². The van der Waals surface area contributed by atoms with Crippen LogP contribution >= 0.6 is 35.0 Å². The van der Waals surface area contributed by atoms with Crippen LogP contribution in [0.2, 0.25) is 10.0 Å². The molecule has 20 heavy (non-hydrogen) atoms. The molecule has 0 aromatic heterocycles. The molecule has 0 saturated heterocycles. The van der Waals surface area contributed by atoms with Gasteiger partial charge in [-0.1, -0.05) is 54.0 Å². The van der Waals surface area contributed by atoms with E-state index >= 15 is 0 Å². The van der Waals surface area contributed by atoms with Gasteiger partial charge in [0.05, 0.1) is 5.02 Å². The molecule has 1 nitrogen and oxygen atoms in total. The number of hydrogen-bond acceptors (Lipinski definition) is 2. The van der Waals surface area contributed by atoms with Gasteiger partial charge in [-0.15, -0.1) is 0 Å². The van der Waals surface area contributed by atoms with E-state index in [2.05, 4.69) is 6.92 Å².